The normalized spacial score (nSPS) is 11.8. The zero-order chi connectivity index (χ0) is 23.3. The summed E-state index contributed by atoms with van der Waals surface area (Å²) in [6, 6.07) is 9.95. The predicted molar refractivity (Wildman–Crippen MR) is 125 cm³/mol. The standard InChI is InChI=1S/C22H26FN3O4S2/c1-4-30-17-8-11-19-20(14-17)31-22(24-19)26(13-5-12-25(2)3)21(27)15-32(28,29)18-9-6-16(23)7-10-18/h6-11,14H,4-5,12-13,15H2,1-3H3. The molecule has 1 amide bonds. The van der Waals surface area contributed by atoms with Gasteiger partial charge in [0.25, 0.3) is 0 Å². The Bertz CT molecular complexity index is 1180. The third-order valence-electron chi connectivity index (χ3n) is 4.66. The fourth-order valence-electron chi connectivity index (χ4n) is 3.10. The van der Waals surface area contributed by atoms with Crippen molar-refractivity contribution in [3.8, 4) is 5.75 Å². The summed E-state index contributed by atoms with van der Waals surface area (Å²) in [5, 5.41) is 0.437. The zero-order valence-electron chi connectivity index (χ0n) is 18.2. The predicted octanol–water partition coefficient (Wildman–Crippen LogP) is 3.59. The van der Waals surface area contributed by atoms with Gasteiger partial charge in [-0.1, -0.05) is 11.3 Å². The summed E-state index contributed by atoms with van der Waals surface area (Å²) in [5.41, 5.74) is 0.709. The van der Waals surface area contributed by atoms with E-state index in [2.05, 4.69) is 4.98 Å². The van der Waals surface area contributed by atoms with Gasteiger partial charge >= 0.3 is 0 Å². The molecule has 3 rings (SSSR count). The maximum Gasteiger partial charge on any atom is 0.244 e. The van der Waals surface area contributed by atoms with Crippen LogP contribution in [0.4, 0.5) is 9.52 Å². The number of ether oxygens (including phenoxy) is 1. The molecule has 1 heterocycles. The highest BCUT2D eigenvalue weighted by Gasteiger charge is 2.26. The molecule has 172 valence electrons. The van der Waals surface area contributed by atoms with Gasteiger partial charge in [0.05, 0.1) is 21.7 Å². The molecule has 0 saturated carbocycles. The minimum atomic E-state index is -3.93. The Morgan fingerprint density at radius 3 is 2.50 bits per heavy atom. The van der Waals surface area contributed by atoms with Crippen LogP contribution in [0, 0.1) is 5.82 Å². The number of halogens is 1. The first-order chi connectivity index (χ1) is 15.2. The molecule has 0 radical (unpaired) electrons. The van der Waals surface area contributed by atoms with Gasteiger partial charge in [-0.25, -0.2) is 17.8 Å². The fourth-order valence-corrected chi connectivity index (χ4v) is 5.34. The Morgan fingerprint density at radius 2 is 1.84 bits per heavy atom. The van der Waals surface area contributed by atoms with Crippen LogP contribution in [0.15, 0.2) is 47.4 Å². The van der Waals surface area contributed by atoms with E-state index in [-0.39, 0.29) is 4.90 Å². The number of thiazole rings is 1. The van der Waals surface area contributed by atoms with E-state index in [0.29, 0.717) is 36.0 Å². The highest BCUT2D eigenvalue weighted by molar-refractivity contribution is 7.92. The van der Waals surface area contributed by atoms with Crippen LogP contribution in [-0.4, -0.2) is 63.8 Å². The summed E-state index contributed by atoms with van der Waals surface area (Å²) in [6.45, 7) is 3.49. The third-order valence-corrected chi connectivity index (χ3v) is 7.32. The number of anilines is 1. The number of amides is 1. The zero-order valence-corrected chi connectivity index (χ0v) is 19.9. The monoisotopic (exact) mass is 479 g/mol. The molecular weight excluding hydrogens is 453 g/mol. The second-order valence-corrected chi connectivity index (χ2v) is 10.5. The molecule has 10 heteroatoms. The molecule has 0 N–H and O–H groups in total. The van der Waals surface area contributed by atoms with E-state index in [9.17, 15) is 17.6 Å². The molecule has 0 aliphatic heterocycles. The Balaban J connectivity index is 1.88. The lowest BCUT2D eigenvalue weighted by molar-refractivity contribution is -0.116. The van der Waals surface area contributed by atoms with Crippen molar-refractivity contribution >= 4 is 42.4 Å². The summed E-state index contributed by atoms with van der Waals surface area (Å²) in [7, 11) is -0.0689. The summed E-state index contributed by atoms with van der Waals surface area (Å²) in [6.07, 6.45) is 0.648. The van der Waals surface area contributed by atoms with E-state index in [1.54, 1.807) is 0 Å². The van der Waals surface area contributed by atoms with Gasteiger partial charge in [-0.2, -0.15) is 0 Å². The number of hydrogen-bond donors (Lipinski definition) is 0. The molecule has 0 atom stereocenters. The van der Waals surface area contributed by atoms with Gasteiger partial charge in [-0.05, 0) is 76.4 Å². The van der Waals surface area contributed by atoms with E-state index < -0.39 is 27.3 Å². The largest absolute Gasteiger partial charge is 0.494 e. The van der Waals surface area contributed by atoms with Crippen molar-refractivity contribution in [2.75, 3.05) is 44.4 Å². The number of benzene rings is 2. The molecule has 0 unspecified atom stereocenters. The number of sulfone groups is 1. The first-order valence-electron chi connectivity index (χ1n) is 10.2. The molecule has 0 aliphatic rings. The number of hydrogen-bond acceptors (Lipinski definition) is 7. The molecule has 0 bridgehead atoms. The molecule has 7 nitrogen and oxygen atoms in total. The van der Waals surface area contributed by atoms with Gasteiger partial charge in [0.1, 0.15) is 17.3 Å². The van der Waals surface area contributed by atoms with Crippen molar-refractivity contribution < 1.29 is 22.3 Å². The summed E-state index contributed by atoms with van der Waals surface area (Å²) < 4.78 is 45.1. The molecule has 3 aromatic rings. The minimum absolute atomic E-state index is 0.0915. The van der Waals surface area contributed by atoms with Crippen molar-refractivity contribution in [2.45, 2.75) is 18.2 Å². The smallest absolute Gasteiger partial charge is 0.244 e. The van der Waals surface area contributed by atoms with E-state index >= 15 is 0 Å². The van der Waals surface area contributed by atoms with Crippen LogP contribution in [0.3, 0.4) is 0 Å². The number of nitrogens with zero attached hydrogens (tertiary/aromatic N) is 3. The van der Waals surface area contributed by atoms with Crippen LogP contribution in [0.5, 0.6) is 5.75 Å². The summed E-state index contributed by atoms with van der Waals surface area (Å²) in [5.74, 6) is -1.13. The van der Waals surface area contributed by atoms with Crippen LogP contribution in [0.25, 0.3) is 10.2 Å². The maximum atomic E-state index is 13.2. The SMILES string of the molecule is CCOc1ccc2nc(N(CCCN(C)C)C(=O)CS(=O)(=O)c3ccc(F)cc3)sc2c1. The molecule has 0 aliphatic carbocycles. The molecule has 0 saturated heterocycles. The number of carbonyl (C=O) groups is 1. The maximum absolute atomic E-state index is 13.2. The van der Waals surface area contributed by atoms with Crippen molar-refractivity contribution in [3.05, 3.63) is 48.3 Å². The average molecular weight is 480 g/mol. The van der Waals surface area contributed by atoms with Crippen LogP contribution in [0.2, 0.25) is 0 Å². The lowest BCUT2D eigenvalue weighted by atomic mass is 10.3. The van der Waals surface area contributed by atoms with Crippen LogP contribution < -0.4 is 9.64 Å². The average Bonchev–Trinajstić information content (AvgIpc) is 3.14. The third kappa shape index (κ3) is 6.02. The van der Waals surface area contributed by atoms with Gasteiger partial charge < -0.3 is 9.64 Å². The van der Waals surface area contributed by atoms with Crippen LogP contribution >= 0.6 is 11.3 Å². The summed E-state index contributed by atoms with van der Waals surface area (Å²) >= 11 is 1.31. The van der Waals surface area contributed by atoms with Gasteiger partial charge in [0.15, 0.2) is 15.0 Å². The van der Waals surface area contributed by atoms with E-state index in [4.69, 9.17) is 4.74 Å². The summed E-state index contributed by atoms with van der Waals surface area (Å²) in [4.78, 5) is 21.0. The van der Waals surface area contributed by atoms with Gasteiger partial charge in [0, 0.05) is 6.54 Å². The quantitative estimate of drug-likeness (QED) is 0.414. The number of fused-ring (bicyclic) bond motifs is 1. The number of rotatable bonds is 10. The highest BCUT2D eigenvalue weighted by atomic mass is 32.2. The van der Waals surface area contributed by atoms with Crippen molar-refractivity contribution in [1.29, 1.82) is 0 Å². The lowest BCUT2D eigenvalue weighted by Crippen LogP contribution is -2.37. The molecule has 2 aromatic carbocycles. The lowest BCUT2D eigenvalue weighted by Gasteiger charge is -2.21. The van der Waals surface area contributed by atoms with E-state index in [1.807, 2.05) is 44.1 Å². The Morgan fingerprint density at radius 1 is 1.12 bits per heavy atom. The molecular formula is C22H26FN3O4S2. The van der Waals surface area contributed by atoms with E-state index in [0.717, 1.165) is 23.4 Å². The molecule has 1 aromatic heterocycles. The molecule has 0 spiro atoms. The van der Waals surface area contributed by atoms with E-state index in [1.165, 1.54) is 28.4 Å². The van der Waals surface area contributed by atoms with Gasteiger partial charge in [-0.3, -0.25) is 9.69 Å². The van der Waals surface area contributed by atoms with Crippen LogP contribution in [0.1, 0.15) is 13.3 Å². The fraction of sp³-hybridized carbons (Fsp3) is 0.364. The van der Waals surface area contributed by atoms with Crippen molar-refractivity contribution in [2.24, 2.45) is 0 Å². The highest BCUT2D eigenvalue weighted by Crippen LogP contribution is 2.32. The Hall–Kier alpha value is -2.56. The first-order valence-corrected chi connectivity index (χ1v) is 12.6. The second kappa shape index (κ2) is 10.4. The van der Waals surface area contributed by atoms with Crippen molar-refractivity contribution in [3.63, 3.8) is 0 Å². The minimum Gasteiger partial charge on any atom is -0.494 e. The number of carbonyl (C=O) groups excluding carboxylic acids is 1. The molecule has 32 heavy (non-hydrogen) atoms. The topological polar surface area (TPSA) is 79.8 Å². The second-order valence-electron chi connectivity index (χ2n) is 7.47. The number of aromatic nitrogens is 1. The van der Waals surface area contributed by atoms with Gasteiger partial charge in [0.2, 0.25) is 5.91 Å². The Labute approximate surface area is 191 Å². The van der Waals surface area contributed by atoms with Crippen LogP contribution in [-0.2, 0) is 14.6 Å². The Kier molecular flexibility index (Phi) is 7.81. The molecule has 0 fully saturated rings. The van der Waals surface area contributed by atoms with Gasteiger partial charge in [-0.15, -0.1) is 0 Å². The first kappa shape index (κ1) is 24.1. The van der Waals surface area contributed by atoms with Crippen molar-refractivity contribution in [1.82, 2.24) is 9.88 Å².